The van der Waals surface area contributed by atoms with Gasteiger partial charge in [-0.2, -0.15) is 0 Å². The lowest BCUT2D eigenvalue weighted by atomic mass is 10.1. The summed E-state index contributed by atoms with van der Waals surface area (Å²) in [5.41, 5.74) is 7.44. The minimum absolute atomic E-state index is 0.169. The summed E-state index contributed by atoms with van der Waals surface area (Å²) in [7, 11) is 0. The molecule has 1 heterocycles. The van der Waals surface area contributed by atoms with E-state index in [0.29, 0.717) is 0 Å². The molecular formula is C12H13FN2S. The topological polar surface area (TPSA) is 38.9 Å². The number of rotatable bonds is 3. The Balaban J connectivity index is 2.31. The number of thiazole rings is 1. The Morgan fingerprint density at radius 1 is 1.44 bits per heavy atom. The Labute approximate surface area is 97.9 Å². The van der Waals surface area contributed by atoms with Crippen LogP contribution in [0, 0.1) is 5.82 Å². The van der Waals surface area contributed by atoms with Crippen LogP contribution in [0.25, 0.3) is 11.3 Å². The number of benzene rings is 1. The van der Waals surface area contributed by atoms with Crippen LogP contribution < -0.4 is 5.73 Å². The average Bonchev–Trinajstić information content (AvgIpc) is 2.71. The molecule has 2 N–H and O–H groups in total. The van der Waals surface area contributed by atoms with Gasteiger partial charge in [0.1, 0.15) is 5.82 Å². The molecular weight excluding hydrogens is 223 g/mol. The molecule has 0 atom stereocenters. The number of nitrogens with zero attached hydrogens (tertiary/aromatic N) is 1. The molecule has 1 aromatic carbocycles. The monoisotopic (exact) mass is 236 g/mol. The first-order chi connectivity index (χ1) is 7.70. The largest absolute Gasteiger partial charge is 0.396 e. The van der Waals surface area contributed by atoms with Gasteiger partial charge in [-0.3, -0.25) is 0 Å². The van der Waals surface area contributed by atoms with Gasteiger partial charge >= 0.3 is 0 Å². The lowest BCUT2D eigenvalue weighted by Crippen LogP contribution is -1.91. The molecule has 0 aliphatic heterocycles. The molecule has 0 aliphatic rings. The number of nitrogens with two attached hydrogens (primary N) is 1. The smallest absolute Gasteiger partial charge is 0.146 e. The van der Waals surface area contributed by atoms with Crippen molar-refractivity contribution in [3.8, 4) is 11.3 Å². The van der Waals surface area contributed by atoms with Gasteiger partial charge < -0.3 is 5.73 Å². The molecule has 16 heavy (non-hydrogen) atoms. The summed E-state index contributed by atoms with van der Waals surface area (Å²) in [4.78, 5) is 4.48. The van der Waals surface area contributed by atoms with Crippen LogP contribution >= 0.6 is 11.3 Å². The Hall–Kier alpha value is -1.42. The van der Waals surface area contributed by atoms with Crippen molar-refractivity contribution in [3.05, 3.63) is 34.4 Å². The van der Waals surface area contributed by atoms with Crippen LogP contribution in [0.2, 0.25) is 0 Å². The van der Waals surface area contributed by atoms with Crippen LogP contribution in [0.3, 0.4) is 0 Å². The number of anilines is 1. The fourth-order valence-corrected chi connectivity index (χ4v) is 2.38. The second kappa shape index (κ2) is 4.61. The van der Waals surface area contributed by atoms with Crippen molar-refractivity contribution in [1.82, 2.24) is 4.98 Å². The third kappa shape index (κ3) is 2.22. The molecule has 4 heteroatoms. The molecule has 84 valence electrons. The van der Waals surface area contributed by atoms with E-state index in [0.717, 1.165) is 29.1 Å². The van der Waals surface area contributed by atoms with Crippen LogP contribution in [0.1, 0.15) is 18.4 Å². The number of aromatic nitrogens is 1. The first kappa shape index (κ1) is 11.1. The number of halogens is 1. The van der Waals surface area contributed by atoms with Crippen molar-refractivity contribution in [2.24, 2.45) is 0 Å². The van der Waals surface area contributed by atoms with Crippen molar-refractivity contribution in [2.75, 3.05) is 5.73 Å². The van der Waals surface area contributed by atoms with Crippen LogP contribution in [0.4, 0.5) is 10.1 Å². The van der Waals surface area contributed by atoms with E-state index in [1.54, 1.807) is 23.5 Å². The molecule has 0 saturated carbocycles. The molecule has 2 rings (SSSR count). The van der Waals surface area contributed by atoms with Gasteiger partial charge in [0.05, 0.1) is 16.4 Å². The summed E-state index contributed by atoms with van der Waals surface area (Å²) >= 11 is 1.63. The molecule has 0 saturated heterocycles. The Morgan fingerprint density at radius 3 is 2.94 bits per heavy atom. The Kier molecular flexibility index (Phi) is 3.19. The standard InChI is InChI=1S/C12H13FN2S/c1-2-3-12-15-11(7-16-12)8-4-5-9(13)10(14)6-8/h4-7H,2-3,14H2,1H3. The number of hydrogen-bond donors (Lipinski definition) is 1. The zero-order chi connectivity index (χ0) is 11.5. The summed E-state index contributed by atoms with van der Waals surface area (Å²) in [5, 5.41) is 3.10. The number of nitrogen functional groups attached to an aromatic ring is 1. The van der Waals surface area contributed by atoms with Gasteiger partial charge in [-0.25, -0.2) is 9.37 Å². The predicted octanol–water partition coefficient (Wildman–Crippen LogP) is 3.48. The van der Waals surface area contributed by atoms with Crippen molar-refractivity contribution in [1.29, 1.82) is 0 Å². The Bertz CT molecular complexity index is 494. The highest BCUT2D eigenvalue weighted by atomic mass is 32.1. The predicted molar refractivity (Wildman–Crippen MR) is 65.9 cm³/mol. The highest BCUT2D eigenvalue weighted by Crippen LogP contribution is 2.25. The minimum Gasteiger partial charge on any atom is -0.396 e. The molecule has 0 radical (unpaired) electrons. The van der Waals surface area contributed by atoms with E-state index in [-0.39, 0.29) is 11.5 Å². The van der Waals surface area contributed by atoms with Gasteiger partial charge in [0, 0.05) is 10.9 Å². The molecule has 0 bridgehead atoms. The normalized spacial score (nSPS) is 10.6. The van der Waals surface area contributed by atoms with Gasteiger partial charge in [0.15, 0.2) is 0 Å². The molecule has 0 fully saturated rings. The van der Waals surface area contributed by atoms with Crippen LogP contribution in [0.15, 0.2) is 23.6 Å². The summed E-state index contributed by atoms with van der Waals surface area (Å²) in [6.45, 7) is 2.12. The maximum atomic E-state index is 13.0. The van der Waals surface area contributed by atoms with Crippen LogP contribution in [-0.4, -0.2) is 4.98 Å². The molecule has 0 unspecified atom stereocenters. The zero-order valence-electron chi connectivity index (χ0n) is 9.03. The van der Waals surface area contributed by atoms with E-state index < -0.39 is 0 Å². The van der Waals surface area contributed by atoms with Gasteiger partial charge in [0.25, 0.3) is 0 Å². The van der Waals surface area contributed by atoms with Crippen LogP contribution in [-0.2, 0) is 6.42 Å². The number of aryl methyl sites for hydroxylation is 1. The summed E-state index contributed by atoms with van der Waals surface area (Å²) in [5.74, 6) is -0.382. The summed E-state index contributed by atoms with van der Waals surface area (Å²) in [6.07, 6.45) is 2.07. The summed E-state index contributed by atoms with van der Waals surface area (Å²) in [6, 6.07) is 4.71. The molecule has 0 spiro atoms. The van der Waals surface area contributed by atoms with Crippen molar-refractivity contribution in [2.45, 2.75) is 19.8 Å². The van der Waals surface area contributed by atoms with E-state index in [4.69, 9.17) is 5.73 Å². The minimum atomic E-state index is -0.382. The van der Waals surface area contributed by atoms with E-state index in [1.807, 2.05) is 5.38 Å². The molecule has 1 aromatic heterocycles. The third-order valence-electron chi connectivity index (χ3n) is 2.31. The first-order valence-electron chi connectivity index (χ1n) is 5.20. The molecule has 0 aliphatic carbocycles. The van der Waals surface area contributed by atoms with Gasteiger partial charge in [-0.1, -0.05) is 6.92 Å². The van der Waals surface area contributed by atoms with Crippen LogP contribution in [0.5, 0.6) is 0 Å². The van der Waals surface area contributed by atoms with Crippen molar-refractivity contribution >= 4 is 17.0 Å². The van der Waals surface area contributed by atoms with E-state index in [2.05, 4.69) is 11.9 Å². The lowest BCUT2D eigenvalue weighted by Gasteiger charge is -1.99. The fourth-order valence-electron chi connectivity index (χ4n) is 1.48. The average molecular weight is 236 g/mol. The maximum absolute atomic E-state index is 13.0. The number of hydrogen-bond acceptors (Lipinski definition) is 3. The Morgan fingerprint density at radius 2 is 2.25 bits per heavy atom. The lowest BCUT2D eigenvalue weighted by molar-refractivity contribution is 0.632. The van der Waals surface area contributed by atoms with Crippen molar-refractivity contribution < 1.29 is 4.39 Å². The van der Waals surface area contributed by atoms with Gasteiger partial charge in [0.2, 0.25) is 0 Å². The second-order valence-electron chi connectivity index (χ2n) is 3.61. The van der Waals surface area contributed by atoms with E-state index in [1.165, 1.54) is 6.07 Å². The highest BCUT2D eigenvalue weighted by molar-refractivity contribution is 7.09. The zero-order valence-corrected chi connectivity index (χ0v) is 9.85. The highest BCUT2D eigenvalue weighted by Gasteiger charge is 2.06. The van der Waals surface area contributed by atoms with Crippen molar-refractivity contribution in [3.63, 3.8) is 0 Å². The fraction of sp³-hybridized carbons (Fsp3) is 0.250. The second-order valence-corrected chi connectivity index (χ2v) is 4.56. The first-order valence-corrected chi connectivity index (χ1v) is 6.08. The third-order valence-corrected chi connectivity index (χ3v) is 3.22. The summed E-state index contributed by atoms with van der Waals surface area (Å²) < 4.78 is 13.0. The maximum Gasteiger partial charge on any atom is 0.146 e. The van der Waals surface area contributed by atoms with Gasteiger partial charge in [-0.15, -0.1) is 11.3 Å². The SMILES string of the molecule is CCCc1nc(-c2ccc(F)c(N)c2)cs1. The quantitative estimate of drug-likeness (QED) is 0.828. The molecule has 2 aromatic rings. The van der Waals surface area contributed by atoms with E-state index >= 15 is 0 Å². The molecule has 2 nitrogen and oxygen atoms in total. The molecule has 0 amide bonds. The van der Waals surface area contributed by atoms with E-state index in [9.17, 15) is 4.39 Å². The van der Waals surface area contributed by atoms with Gasteiger partial charge in [-0.05, 0) is 31.0 Å².